The summed E-state index contributed by atoms with van der Waals surface area (Å²) in [5, 5.41) is 7.87. The molecule has 0 unspecified atom stereocenters. The molecule has 0 radical (unpaired) electrons. The summed E-state index contributed by atoms with van der Waals surface area (Å²) in [6, 6.07) is -0.238. The first-order valence-corrected chi connectivity index (χ1v) is 5.76. The lowest BCUT2D eigenvalue weighted by Crippen LogP contribution is -2.38. The predicted octanol–water partition coefficient (Wildman–Crippen LogP) is 2.51. The van der Waals surface area contributed by atoms with E-state index in [4.69, 9.17) is 0 Å². The molecule has 96 valence electrons. The number of hydrogen-bond donors (Lipinski definition) is 2. The first-order chi connectivity index (χ1) is 7.45. The summed E-state index contributed by atoms with van der Waals surface area (Å²) in [5.74, 6) is 0. The summed E-state index contributed by atoms with van der Waals surface area (Å²) >= 11 is 0. The van der Waals surface area contributed by atoms with Crippen molar-refractivity contribution in [2.45, 2.75) is 41.0 Å². The van der Waals surface area contributed by atoms with E-state index in [-0.39, 0.29) is 18.0 Å². The largest absolute Gasteiger partial charge is 0.338 e. The van der Waals surface area contributed by atoms with E-state index in [1.54, 1.807) is 0 Å². The van der Waals surface area contributed by atoms with Gasteiger partial charge in [-0.15, -0.1) is 0 Å². The molecule has 5 heteroatoms. The summed E-state index contributed by atoms with van der Waals surface area (Å²) in [5.41, 5.74) is 0.220. The van der Waals surface area contributed by atoms with Crippen molar-refractivity contribution in [1.29, 1.82) is 0 Å². The van der Waals surface area contributed by atoms with Gasteiger partial charge in [0.15, 0.2) is 0 Å². The summed E-state index contributed by atoms with van der Waals surface area (Å²) < 4.78 is 0. The minimum Gasteiger partial charge on any atom is -0.338 e. The third kappa shape index (κ3) is 15.3. The van der Waals surface area contributed by atoms with Crippen molar-refractivity contribution < 1.29 is 4.79 Å². The topological polar surface area (TPSA) is 70.6 Å². The van der Waals surface area contributed by atoms with E-state index in [0.717, 1.165) is 6.42 Å². The normalized spacial score (nSPS) is 9.81. The van der Waals surface area contributed by atoms with Crippen molar-refractivity contribution in [3.63, 3.8) is 0 Å². The lowest BCUT2D eigenvalue weighted by molar-refractivity contribution is 0.239. The van der Waals surface area contributed by atoms with E-state index in [0.29, 0.717) is 13.1 Å². The number of carbonyl (C=O) groups excluding carboxylic acids is 1. The number of nitrogens with zero attached hydrogens (tertiary/aromatic N) is 1. The Hall–Kier alpha value is -1.13. The minimum absolute atomic E-state index is 0.118. The van der Waals surface area contributed by atoms with Crippen LogP contribution in [0.15, 0.2) is 5.18 Å². The molecule has 0 aliphatic carbocycles. The highest BCUT2D eigenvalue weighted by atomic mass is 16.3. The molecule has 0 aliphatic rings. The molecule has 0 saturated carbocycles. The smallest absolute Gasteiger partial charge is 0.314 e. The number of amides is 2. The van der Waals surface area contributed by atoms with E-state index in [1.165, 1.54) is 0 Å². The zero-order chi connectivity index (χ0) is 13.0. The maximum Gasteiger partial charge on any atom is 0.314 e. The molecular formula is C11H25N3O2. The Balaban J connectivity index is 0. The molecule has 2 N–H and O–H groups in total. The molecular weight excluding hydrogens is 206 g/mol. The fraction of sp³-hybridized carbons (Fsp3) is 0.909. The number of rotatable bonds is 5. The average molecular weight is 231 g/mol. The number of urea groups is 1. The second-order valence-electron chi connectivity index (χ2n) is 4.35. The van der Waals surface area contributed by atoms with Crippen molar-refractivity contribution in [1.82, 2.24) is 10.6 Å². The third-order valence-electron chi connectivity index (χ3n) is 1.65. The van der Waals surface area contributed by atoms with Crippen molar-refractivity contribution in [3.05, 3.63) is 4.91 Å². The second kappa shape index (κ2) is 10.4. The molecule has 16 heavy (non-hydrogen) atoms. The molecule has 0 aromatic rings. The van der Waals surface area contributed by atoms with Gasteiger partial charge < -0.3 is 10.6 Å². The van der Waals surface area contributed by atoms with Gasteiger partial charge in [-0.3, -0.25) is 0 Å². The average Bonchev–Trinajstić information content (AvgIpc) is 2.19. The number of nitroso groups, excluding NO2 is 1. The van der Waals surface area contributed by atoms with Gasteiger partial charge in [-0.1, -0.05) is 39.8 Å². The van der Waals surface area contributed by atoms with Gasteiger partial charge in [-0.05, 0) is 11.8 Å². The van der Waals surface area contributed by atoms with Gasteiger partial charge in [0.2, 0.25) is 0 Å². The van der Waals surface area contributed by atoms with Crippen LogP contribution in [0.3, 0.4) is 0 Å². The molecule has 2 amide bonds. The number of hydrogen-bond acceptors (Lipinski definition) is 3. The van der Waals surface area contributed by atoms with E-state index in [1.807, 2.05) is 13.8 Å². The van der Waals surface area contributed by atoms with Crippen LogP contribution in [-0.2, 0) is 0 Å². The molecule has 0 bridgehead atoms. The molecule has 0 fully saturated rings. The van der Waals surface area contributed by atoms with Crippen LogP contribution in [-0.4, -0.2) is 25.7 Å². The standard InChI is InChI=1S/C9H19N3O2.C2H6/c1-9(2,3)4-5-10-8(13)11-6-7-12-14;1-2/h4-7H2,1-3H3,(H2,10,11,13);1-2H3. The van der Waals surface area contributed by atoms with Crippen molar-refractivity contribution in [3.8, 4) is 0 Å². The van der Waals surface area contributed by atoms with Gasteiger partial charge in [-0.25, -0.2) is 4.79 Å². The van der Waals surface area contributed by atoms with Gasteiger partial charge in [0, 0.05) is 13.1 Å². The highest BCUT2D eigenvalue weighted by Gasteiger charge is 2.09. The molecule has 0 heterocycles. The zero-order valence-electron chi connectivity index (χ0n) is 11.1. The highest BCUT2D eigenvalue weighted by molar-refractivity contribution is 5.73. The van der Waals surface area contributed by atoms with Crippen LogP contribution in [0.2, 0.25) is 0 Å². The van der Waals surface area contributed by atoms with Crippen molar-refractivity contribution >= 4 is 6.03 Å². The van der Waals surface area contributed by atoms with Gasteiger partial charge in [-0.2, -0.15) is 4.91 Å². The Morgan fingerprint density at radius 1 is 1.12 bits per heavy atom. The van der Waals surface area contributed by atoms with E-state index in [9.17, 15) is 9.70 Å². The van der Waals surface area contributed by atoms with Crippen LogP contribution in [0.25, 0.3) is 0 Å². The first kappa shape index (κ1) is 17.3. The minimum atomic E-state index is -0.238. The van der Waals surface area contributed by atoms with E-state index >= 15 is 0 Å². The number of carbonyl (C=O) groups is 1. The fourth-order valence-corrected chi connectivity index (χ4v) is 0.829. The Bertz CT molecular complexity index is 188. The van der Waals surface area contributed by atoms with Crippen molar-refractivity contribution in [2.75, 3.05) is 19.6 Å². The quantitative estimate of drug-likeness (QED) is 0.563. The van der Waals surface area contributed by atoms with Crippen molar-refractivity contribution in [2.24, 2.45) is 10.6 Å². The Morgan fingerprint density at radius 3 is 2.06 bits per heavy atom. The van der Waals surface area contributed by atoms with Crippen LogP contribution in [0.5, 0.6) is 0 Å². The molecule has 0 aromatic heterocycles. The Kier molecular flexibility index (Phi) is 11.2. The maximum absolute atomic E-state index is 11.0. The van der Waals surface area contributed by atoms with Crippen LogP contribution < -0.4 is 10.6 Å². The lowest BCUT2D eigenvalue weighted by Gasteiger charge is -2.17. The van der Waals surface area contributed by atoms with Crippen LogP contribution in [0.4, 0.5) is 4.79 Å². The van der Waals surface area contributed by atoms with Gasteiger partial charge >= 0.3 is 6.03 Å². The summed E-state index contributed by atoms with van der Waals surface area (Å²) in [6.45, 7) is 11.4. The second-order valence-corrected chi connectivity index (χ2v) is 4.35. The third-order valence-corrected chi connectivity index (χ3v) is 1.65. The molecule has 0 saturated heterocycles. The fourth-order valence-electron chi connectivity index (χ4n) is 0.829. The molecule has 0 spiro atoms. The van der Waals surface area contributed by atoms with Crippen LogP contribution in [0.1, 0.15) is 41.0 Å². The molecule has 0 atom stereocenters. The molecule has 5 nitrogen and oxygen atoms in total. The highest BCUT2D eigenvalue weighted by Crippen LogP contribution is 2.16. The van der Waals surface area contributed by atoms with E-state index in [2.05, 4.69) is 36.6 Å². The number of nitrogens with one attached hydrogen (secondary N) is 2. The molecule has 0 aliphatic heterocycles. The Labute approximate surface area is 98.4 Å². The van der Waals surface area contributed by atoms with Gasteiger partial charge in [0.1, 0.15) is 0 Å². The summed E-state index contributed by atoms with van der Waals surface area (Å²) in [7, 11) is 0. The van der Waals surface area contributed by atoms with Crippen LogP contribution in [0, 0.1) is 10.3 Å². The molecule has 0 aromatic carbocycles. The molecule has 0 rings (SSSR count). The van der Waals surface area contributed by atoms with Gasteiger partial charge in [0.05, 0.1) is 6.54 Å². The summed E-state index contributed by atoms with van der Waals surface area (Å²) in [6.07, 6.45) is 0.923. The van der Waals surface area contributed by atoms with E-state index < -0.39 is 0 Å². The zero-order valence-corrected chi connectivity index (χ0v) is 11.1. The predicted molar refractivity (Wildman–Crippen MR) is 67.5 cm³/mol. The monoisotopic (exact) mass is 231 g/mol. The Morgan fingerprint density at radius 2 is 1.62 bits per heavy atom. The lowest BCUT2D eigenvalue weighted by atomic mass is 9.92. The summed E-state index contributed by atoms with van der Waals surface area (Å²) in [4.78, 5) is 20.7. The van der Waals surface area contributed by atoms with Crippen LogP contribution >= 0.6 is 0 Å². The van der Waals surface area contributed by atoms with Gasteiger partial charge in [0.25, 0.3) is 0 Å². The first-order valence-electron chi connectivity index (χ1n) is 5.76. The maximum atomic E-state index is 11.0. The SMILES string of the molecule is CC.CC(C)(C)CCNC(=O)NCCN=O.